The van der Waals surface area contributed by atoms with Crippen molar-refractivity contribution in [3.05, 3.63) is 0 Å². The molecule has 0 atom stereocenters. The van der Waals surface area contributed by atoms with Gasteiger partial charge in [0.1, 0.15) is 0 Å². The van der Waals surface area contributed by atoms with Crippen molar-refractivity contribution in [2.45, 2.75) is 13.8 Å². The van der Waals surface area contributed by atoms with Crippen LogP contribution >= 0.6 is 23.2 Å². The summed E-state index contributed by atoms with van der Waals surface area (Å²) in [6.07, 6.45) is 0. The van der Waals surface area contributed by atoms with Crippen LogP contribution in [0.4, 0.5) is 0 Å². The Hall–Kier alpha value is 0.765. The molecule has 0 heterocycles. The summed E-state index contributed by atoms with van der Waals surface area (Å²) in [7, 11) is 0. The summed E-state index contributed by atoms with van der Waals surface area (Å²) in [6.45, 7) is 4.33. The maximum Gasteiger partial charge on any atom is 0.267 e. The van der Waals surface area contributed by atoms with Crippen molar-refractivity contribution in [1.82, 2.24) is 0 Å². The Labute approximate surface area is 54.9 Å². The molecule has 0 spiro atoms. The van der Waals surface area contributed by atoms with Crippen LogP contribution in [0.25, 0.3) is 0 Å². The van der Waals surface area contributed by atoms with Crippen LogP contribution in [0.3, 0.4) is 0 Å². The van der Waals surface area contributed by atoms with Gasteiger partial charge in [0.2, 0.25) is 0 Å². The van der Waals surface area contributed by atoms with Crippen LogP contribution in [0.15, 0.2) is 0 Å². The molecule has 0 nitrogen and oxygen atoms in total. The first kappa shape index (κ1) is 7.76. The molecule has 0 amide bonds. The third-order valence-electron chi connectivity index (χ3n) is 0.469. The molecule has 0 aliphatic carbocycles. The molecular formula is C4H10BS2. The maximum absolute atomic E-state index is 2.19. The van der Waals surface area contributed by atoms with Crippen LogP contribution < -0.4 is 0 Å². The second kappa shape index (κ2) is 6.76. The lowest BCUT2D eigenvalue weighted by Gasteiger charge is -1.89. The Balaban J connectivity index is 2.45. The highest BCUT2D eigenvalue weighted by Crippen LogP contribution is 2.05. The van der Waals surface area contributed by atoms with E-state index in [4.69, 9.17) is 0 Å². The van der Waals surface area contributed by atoms with E-state index >= 15 is 0 Å². The minimum atomic E-state index is 1.20. The van der Waals surface area contributed by atoms with Crippen LogP contribution in [0.5, 0.6) is 0 Å². The average Bonchev–Trinajstić information content (AvgIpc) is 1.69. The van der Waals surface area contributed by atoms with Gasteiger partial charge in [-0.05, 0) is 11.5 Å². The molecule has 0 bridgehead atoms. The number of hydrogen-bond acceptors (Lipinski definition) is 2. The molecule has 0 aliphatic heterocycles. The molecule has 0 saturated heterocycles. The molecule has 7 heavy (non-hydrogen) atoms. The van der Waals surface area contributed by atoms with Crippen LogP contribution in [0, 0.1) is 0 Å². The standard InChI is InChI=1S/C4H10BS2/c1-3-6-5-7-4-2/h3-4H2,1-2H3. The van der Waals surface area contributed by atoms with Gasteiger partial charge in [-0.15, -0.1) is 0 Å². The summed E-state index contributed by atoms with van der Waals surface area (Å²) in [5.41, 5.74) is 0. The van der Waals surface area contributed by atoms with Crippen LogP contribution in [-0.4, -0.2) is 17.3 Å². The van der Waals surface area contributed by atoms with Crippen molar-refractivity contribution in [3.63, 3.8) is 0 Å². The highest BCUT2D eigenvalue weighted by atomic mass is 32.2. The molecule has 0 aromatic carbocycles. The average molecular weight is 133 g/mol. The second-order valence-corrected chi connectivity index (χ2v) is 3.60. The lowest BCUT2D eigenvalue weighted by molar-refractivity contribution is 1.54. The minimum Gasteiger partial charge on any atom is -0.202 e. The van der Waals surface area contributed by atoms with Gasteiger partial charge in [0.25, 0.3) is 5.84 Å². The van der Waals surface area contributed by atoms with Crippen LogP contribution in [-0.2, 0) is 0 Å². The molecule has 41 valence electrons. The van der Waals surface area contributed by atoms with Gasteiger partial charge in [-0.25, -0.2) is 23.2 Å². The van der Waals surface area contributed by atoms with E-state index < -0.39 is 0 Å². The Morgan fingerprint density at radius 3 is 1.86 bits per heavy atom. The number of rotatable bonds is 4. The Morgan fingerprint density at radius 1 is 1.14 bits per heavy atom. The van der Waals surface area contributed by atoms with Gasteiger partial charge in [0.05, 0.1) is 0 Å². The Kier molecular flexibility index (Phi) is 7.50. The van der Waals surface area contributed by atoms with E-state index in [2.05, 4.69) is 19.7 Å². The van der Waals surface area contributed by atoms with Gasteiger partial charge >= 0.3 is 0 Å². The molecule has 0 rings (SSSR count). The molecule has 0 aromatic heterocycles. The first-order valence-corrected chi connectivity index (χ1v) is 4.56. The van der Waals surface area contributed by atoms with E-state index in [1.807, 2.05) is 23.2 Å². The van der Waals surface area contributed by atoms with Gasteiger partial charge in [0, 0.05) is 0 Å². The quantitative estimate of drug-likeness (QED) is 0.425. The zero-order valence-corrected chi connectivity index (χ0v) is 6.44. The molecule has 0 aliphatic rings. The highest BCUT2D eigenvalue weighted by molar-refractivity contribution is 8.50. The van der Waals surface area contributed by atoms with Crippen molar-refractivity contribution >= 4 is 29.1 Å². The summed E-state index contributed by atoms with van der Waals surface area (Å²) < 4.78 is 0. The lowest BCUT2D eigenvalue weighted by atomic mass is 10.7. The maximum atomic E-state index is 2.19. The van der Waals surface area contributed by atoms with E-state index in [9.17, 15) is 0 Å². The second-order valence-electron chi connectivity index (χ2n) is 1.01. The smallest absolute Gasteiger partial charge is 0.202 e. The van der Waals surface area contributed by atoms with Crippen molar-refractivity contribution in [2.24, 2.45) is 0 Å². The predicted molar refractivity (Wildman–Crippen MR) is 42.0 cm³/mol. The zero-order chi connectivity index (χ0) is 5.54. The fourth-order valence-electron chi connectivity index (χ4n) is 0.184. The van der Waals surface area contributed by atoms with E-state index in [-0.39, 0.29) is 0 Å². The van der Waals surface area contributed by atoms with Crippen LogP contribution in [0.2, 0.25) is 0 Å². The predicted octanol–water partition coefficient (Wildman–Crippen LogP) is 2.03. The van der Waals surface area contributed by atoms with Gasteiger partial charge in [-0.3, -0.25) is 0 Å². The first-order chi connectivity index (χ1) is 3.41. The highest BCUT2D eigenvalue weighted by Gasteiger charge is 1.84. The van der Waals surface area contributed by atoms with Gasteiger partial charge in [-0.1, -0.05) is 13.8 Å². The van der Waals surface area contributed by atoms with Gasteiger partial charge < -0.3 is 0 Å². The summed E-state index contributed by atoms with van der Waals surface area (Å²) in [5, 5.41) is 0. The van der Waals surface area contributed by atoms with Crippen molar-refractivity contribution < 1.29 is 0 Å². The fourth-order valence-corrected chi connectivity index (χ4v) is 1.66. The van der Waals surface area contributed by atoms with E-state index in [0.717, 1.165) is 0 Å². The van der Waals surface area contributed by atoms with Gasteiger partial charge in [0.15, 0.2) is 0 Å². The minimum absolute atomic E-state index is 1.20. The molecule has 0 fully saturated rings. The van der Waals surface area contributed by atoms with Crippen LogP contribution in [0.1, 0.15) is 13.8 Å². The Morgan fingerprint density at radius 2 is 1.57 bits per heavy atom. The number of hydrogen-bond donors (Lipinski definition) is 0. The molecular weight excluding hydrogens is 123 g/mol. The fraction of sp³-hybridized carbons (Fsp3) is 1.00. The molecule has 0 saturated carbocycles. The largest absolute Gasteiger partial charge is 0.267 e. The summed E-state index contributed by atoms with van der Waals surface area (Å²) in [6, 6.07) is 0. The van der Waals surface area contributed by atoms with E-state index in [1.165, 1.54) is 11.5 Å². The first-order valence-electron chi connectivity index (χ1n) is 2.46. The van der Waals surface area contributed by atoms with Crippen molar-refractivity contribution in [2.75, 3.05) is 11.5 Å². The molecule has 3 heteroatoms. The molecule has 0 aromatic rings. The van der Waals surface area contributed by atoms with E-state index in [1.54, 1.807) is 0 Å². The zero-order valence-electron chi connectivity index (χ0n) is 4.81. The third-order valence-corrected chi connectivity index (χ3v) is 2.22. The molecule has 0 N–H and O–H groups in total. The molecule has 0 unspecified atom stereocenters. The monoisotopic (exact) mass is 133 g/mol. The topological polar surface area (TPSA) is 0 Å². The molecule has 1 radical (unpaired) electrons. The summed E-state index contributed by atoms with van der Waals surface area (Å²) in [5.74, 6) is 4.60. The summed E-state index contributed by atoms with van der Waals surface area (Å²) in [4.78, 5) is 0. The lowest BCUT2D eigenvalue weighted by Crippen LogP contribution is -1.76. The normalized spacial score (nSPS) is 8.86. The SMILES string of the molecule is CCS[B]SCC. The van der Waals surface area contributed by atoms with E-state index in [0.29, 0.717) is 0 Å². The third kappa shape index (κ3) is 6.76. The van der Waals surface area contributed by atoms with Crippen molar-refractivity contribution in [1.29, 1.82) is 0 Å². The van der Waals surface area contributed by atoms with Crippen molar-refractivity contribution in [3.8, 4) is 0 Å². The summed E-state index contributed by atoms with van der Waals surface area (Å²) >= 11 is 3.74. The Bertz CT molecular complexity index is 28.9. The van der Waals surface area contributed by atoms with Gasteiger partial charge in [-0.2, -0.15) is 0 Å².